The summed E-state index contributed by atoms with van der Waals surface area (Å²) < 4.78 is 11.2. The van der Waals surface area contributed by atoms with Crippen LogP contribution in [0.15, 0.2) is 30.3 Å². The number of hydrogen-bond acceptors (Lipinski definition) is 4. The number of aromatic amines is 1. The third-order valence-electron chi connectivity index (χ3n) is 6.32. The second-order valence-corrected chi connectivity index (χ2v) is 8.47. The average molecular weight is 442 g/mol. The van der Waals surface area contributed by atoms with Gasteiger partial charge in [0.2, 0.25) is 0 Å². The van der Waals surface area contributed by atoms with E-state index in [1.54, 1.807) is 12.1 Å². The molecule has 5 rings (SSSR count). The van der Waals surface area contributed by atoms with Crippen molar-refractivity contribution in [3.8, 4) is 11.5 Å². The number of nitrogens with one attached hydrogen (secondary N) is 2. The molecule has 0 saturated heterocycles. The van der Waals surface area contributed by atoms with E-state index >= 15 is 0 Å². The van der Waals surface area contributed by atoms with Crippen molar-refractivity contribution < 1.29 is 14.3 Å². The third kappa shape index (κ3) is 4.35. The van der Waals surface area contributed by atoms with Crippen LogP contribution in [-0.2, 0) is 0 Å². The van der Waals surface area contributed by atoms with Gasteiger partial charge in [-0.15, -0.1) is 12.4 Å². The molecule has 2 heterocycles. The zero-order chi connectivity index (χ0) is 20.7. The first-order chi connectivity index (χ1) is 14.6. The van der Waals surface area contributed by atoms with Crippen LogP contribution in [0.5, 0.6) is 11.5 Å². The number of carbonyl (C=O) groups is 1. The number of benzene rings is 2. The van der Waals surface area contributed by atoms with Gasteiger partial charge >= 0.3 is 0 Å². The summed E-state index contributed by atoms with van der Waals surface area (Å²) in [5.74, 6) is 2.65. The molecule has 2 aromatic carbocycles. The van der Waals surface area contributed by atoms with Crippen LogP contribution in [0.2, 0.25) is 0 Å². The lowest BCUT2D eigenvalue weighted by Crippen LogP contribution is -2.38. The van der Waals surface area contributed by atoms with E-state index in [0.29, 0.717) is 36.2 Å². The van der Waals surface area contributed by atoms with Gasteiger partial charge in [0.15, 0.2) is 11.5 Å². The quantitative estimate of drug-likeness (QED) is 0.610. The van der Waals surface area contributed by atoms with Gasteiger partial charge in [-0.1, -0.05) is 6.42 Å². The Labute approximate surface area is 188 Å². The summed E-state index contributed by atoms with van der Waals surface area (Å²) in [5, 5.41) is 3.22. The Morgan fingerprint density at radius 3 is 2.68 bits per heavy atom. The lowest BCUT2D eigenvalue weighted by atomic mass is 9.85. The van der Waals surface area contributed by atoms with Crippen molar-refractivity contribution in [3.05, 3.63) is 52.8 Å². The first-order valence-corrected chi connectivity index (χ1v) is 10.7. The number of H-pyrrole nitrogens is 1. The number of amides is 1. The molecule has 2 unspecified atom stereocenters. The zero-order valence-corrected chi connectivity index (χ0v) is 18.7. The van der Waals surface area contributed by atoms with Crippen molar-refractivity contribution in [2.24, 2.45) is 0 Å². The van der Waals surface area contributed by atoms with Gasteiger partial charge in [0.25, 0.3) is 5.91 Å². The summed E-state index contributed by atoms with van der Waals surface area (Å²) in [5.41, 5.74) is 5.25. The summed E-state index contributed by atoms with van der Waals surface area (Å²) in [6.07, 6.45) is 4.05. The van der Waals surface area contributed by atoms with Gasteiger partial charge in [0.1, 0.15) is 19.0 Å². The van der Waals surface area contributed by atoms with Gasteiger partial charge in [-0.2, -0.15) is 0 Å². The Hall–Kier alpha value is -2.73. The van der Waals surface area contributed by atoms with Gasteiger partial charge in [0, 0.05) is 17.5 Å². The van der Waals surface area contributed by atoms with Crippen LogP contribution in [0.25, 0.3) is 11.0 Å². The molecule has 1 amide bonds. The highest BCUT2D eigenvalue weighted by Crippen LogP contribution is 2.34. The molecule has 3 aromatic rings. The van der Waals surface area contributed by atoms with E-state index in [4.69, 9.17) is 14.5 Å². The minimum Gasteiger partial charge on any atom is -0.486 e. The lowest BCUT2D eigenvalue weighted by molar-refractivity contribution is 0.0923. The van der Waals surface area contributed by atoms with Crippen LogP contribution >= 0.6 is 12.4 Å². The first-order valence-electron chi connectivity index (χ1n) is 10.7. The van der Waals surface area contributed by atoms with Crippen molar-refractivity contribution in [3.63, 3.8) is 0 Å². The number of nitrogens with zero attached hydrogens (tertiary/aromatic N) is 1. The highest BCUT2D eigenvalue weighted by molar-refractivity contribution is 5.95. The summed E-state index contributed by atoms with van der Waals surface area (Å²) in [7, 11) is 0. The van der Waals surface area contributed by atoms with Crippen LogP contribution in [0.4, 0.5) is 0 Å². The smallest absolute Gasteiger partial charge is 0.251 e. The topological polar surface area (TPSA) is 76.2 Å². The fraction of sp³-hybridized carbons (Fsp3) is 0.417. The van der Waals surface area contributed by atoms with Crippen LogP contribution in [-0.4, -0.2) is 35.1 Å². The maximum Gasteiger partial charge on any atom is 0.251 e. The Bertz CT molecular complexity index is 1070. The van der Waals surface area contributed by atoms with Gasteiger partial charge in [0.05, 0.1) is 11.0 Å². The summed E-state index contributed by atoms with van der Waals surface area (Å²) in [6.45, 7) is 5.30. The molecular formula is C24H28ClN3O3. The maximum atomic E-state index is 12.8. The Morgan fingerprint density at radius 2 is 1.84 bits per heavy atom. The van der Waals surface area contributed by atoms with E-state index in [9.17, 15) is 4.79 Å². The number of aryl methyl sites for hydroxylation is 2. The summed E-state index contributed by atoms with van der Waals surface area (Å²) in [4.78, 5) is 21.2. The molecule has 1 aliphatic carbocycles. The first kappa shape index (κ1) is 21.5. The van der Waals surface area contributed by atoms with E-state index in [-0.39, 0.29) is 24.4 Å². The van der Waals surface area contributed by atoms with Gasteiger partial charge in [-0.05, 0) is 74.6 Å². The Balaban J connectivity index is 0.00000231. The maximum absolute atomic E-state index is 12.8. The number of halogens is 1. The number of ether oxygens (including phenoxy) is 2. The molecule has 0 radical (unpaired) electrons. The SMILES string of the molecule is Cc1cc2nc(C3CCCC(NC(=O)c4ccc5c(c4)OCCO5)C3)[nH]c2cc1C.Cl. The predicted octanol–water partition coefficient (Wildman–Crippen LogP) is 4.83. The predicted molar refractivity (Wildman–Crippen MR) is 123 cm³/mol. The second-order valence-electron chi connectivity index (χ2n) is 8.47. The molecule has 0 spiro atoms. The normalized spacial score (nSPS) is 20.2. The van der Waals surface area contributed by atoms with Gasteiger partial charge < -0.3 is 19.8 Å². The number of carbonyl (C=O) groups excluding carboxylic acids is 1. The number of hydrogen-bond donors (Lipinski definition) is 2. The van der Waals surface area contributed by atoms with E-state index in [1.165, 1.54) is 11.1 Å². The highest BCUT2D eigenvalue weighted by atomic mass is 35.5. The minimum absolute atomic E-state index is 0. The van der Waals surface area contributed by atoms with Crippen molar-refractivity contribution >= 4 is 29.3 Å². The molecule has 0 bridgehead atoms. The summed E-state index contributed by atoms with van der Waals surface area (Å²) in [6, 6.07) is 9.84. The molecule has 2 atom stereocenters. The average Bonchev–Trinajstić information content (AvgIpc) is 3.16. The molecule has 31 heavy (non-hydrogen) atoms. The molecule has 1 saturated carbocycles. The molecule has 1 fully saturated rings. The third-order valence-corrected chi connectivity index (χ3v) is 6.32. The van der Waals surface area contributed by atoms with Gasteiger partial charge in [-0.25, -0.2) is 4.98 Å². The Morgan fingerprint density at radius 1 is 1.06 bits per heavy atom. The molecule has 7 heteroatoms. The second kappa shape index (κ2) is 8.79. The fourth-order valence-electron chi connectivity index (χ4n) is 4.51. The number of rotatable bonds is 3. The molecule has 1 aromatic heterocycles. The Kier molecular flexibility index (Phi) is 6.10. The molecule has 2 N–H and O–H groups in total. The monoisotopic (exact) mass is 441 g/mol. The standard InChI is InChI=1S/C24H27N3O3.ClH/c1-14-10-19-20(11-15(14)2)27-23(26-19)16-4-3-5-18(12-16)25-24(28)17-6-7-21-22(13-17)30-9-8-29-21;/h6-7,10-11,13,16,18H,3-5,8-9,12H2,1-2H3,(H,25,28)(H,26,27);1H. The number of aromatic nitrogens is 2. The van der Waals surface area contributed by atoms with Crippen molar-refractivity contribution in [2.45, 2.75) is 51.5 Å². The lowest BCUT2D eigenvalue weighted by Gasteiger charge is -2.29. The minimum atomic E-state index is -0.0616. The molecular weight excluding hydrogens is 414 g/mol. The van der Waals surface area contributed by atoms with Crippen LogP contribution < -0.4 is 14.8 Å². The van der Waals surface area contributed by atoms with Crippen molar-refractivity contribution in [2.75, 3.05) is 13.2 Å². The van der Waals surface area contributed by atoms with Crippen LogP contribution in [0.3, 0.4) is 0 Å². The van der Waals surface area contributed by atoms with Gasteiger partial charge in [-0.3, -0.25) is 4.79 Å². The molecule has 6 nitrogen and oxygen atoms in total. The van der Waals surface area contributed by atoms with E-state index in [0.717, 1.165) is 42.5 Å². The van der Waals surface area contributed by atoms with E-state index in [2.05, 4.69) is 36.3 Å². The number of imidazole rings is 1. The molecule has 164 valence electrons. The van der Waals surface area contributed by atoms with E-state index < -0.39 is 0 Å². The van der Waals surface area contributed by atoms with Crippen LogP contribution in [0, 0.1) is 13.8 Å². The summed E-state index contributed by atoms with van der Waals surface area (Å²) >= 11 is 0. The fourth-order valence-corrected chi connectivity index (χ4v) is 4.51. The van der Waals surface area contributed by atoms with Crippen molar-refractivity contribution in [1.29, 1.82) is 0 Å². The van der Waals surface area contributed by atoms with Crippen molar-refractivity contribution in [1.82, 2.24) is 15.3 Å². The zero-order valence-electron chi connectivity index (χ0n) is 17.9. The molecule has 2 aliphatic rings. The number of fused-ring (bicyclic) bond motifs is 2. The molecule has 1 aliphatic heterocycles. The highest BCUT2D eigenvalue weighted by Gasteiger charge is 2.27. The van der Waals surface area contributed by atoms with E-state index in [1.807, 2.05) is 6.07 Å². The van der Waals surface area contributed by atoms with Crippen LogP contribution in [0.1, 0.15) is 58.9 Å². The largest absolute Gasteiger partial charge is 0.486 e.